The summed E-state index contributed by atoms with van der Waals surface area (Å²) in [6.07, 6.45) is 0. The van der Waals surface area contributed by atoms with Gasteiger partial charge < -0.3 is 15.6 Å². The summed E-state index contributed by atoms with van der Waals surface area (Å²) < 4.78 is 5.12. The largest absolute Gasteiger partial charge is 0.370 e. The van der Waals surface area contributed by atoms with E-state index in [-0.39, 0.29) is 6.54 Å². The van der Waals surface area contributed by atoms with Gasteiger partial charge in [0.15, 0.2) is 5.96 Å². The lowest BCUT2D eigenvalue weighted by atomic mass is 10.2. The second-order valence-corrected chi connectivity index (χ2v) is 4.97. The lowest BCUT2D eigenvalue weighted by Crippen LogP contribution is -2.32. The first kappa shape index (κ1) is 15.1. The molecule has 1 aromatic heterocycles. The predicted octanol–water partition coefficient (Wildman–Crippen LogP) is 2.37. The molecule has 0 spiro atoms. The molecule has 21 heavy (non-hydrogen) atoms. The second kappa shape index (κ2) is 6.90. The molecule has 0 bridgehead atoms. The molecule has 0 atom stereocenters. The number of benzene rings is 1. The number of halogens is 1. The van der Waals surface area contributed by atoms with Gasteiger partial charge in [0.25, 0.3) is 0 Å². The van der Waals surface area contributed by atoms with E-state index in [1.54, 1.807) is 12.1 Å². The molecular weight excluding hydrogens is 290 g/mol. The van der Waals surface area contributed by atoms with Crippen LogP contribution in [0.5, 0.6) is 0 Å². The van der Waals surface area contributed by atoms with Crippen LogP contribution in [0.25, 0.3) is 11.4 Å². The van der Waals surface area contributed by atoms with Crippen LogP contribution in [0.3, 0.4) is 0 Å². The molecule has 0 unspecified atom stereocenters. The van der Waals surface area contributed by atoms with Crippen LogP contribution in [0.15, 0.2) is 45.9 Å². The minimum Gasteiger partial charge on any atom is -0.370 e. The van der Waals surface area contributed by atoms with Crippen molar-refractivity contribution >= 4 is 17.6 Å². The molecule has 0 aliphatic carbocycles. The molecule has 0 saturated carbocycles. The zero-order chi connectivity index (χ0) is 15.2. The number of nitrogens with two attached hydrogens (primary N) is 1. The van der Waals surface area contributed by atoms with Crippen molar-refractivity contribution < 1.29 is 4.52 Å². The van der Waals surface area contributed by atoms with Gasteiger partial charge in [0, 0.05) is 17.1 Å². The van der Waals surface area contributed by atoms with Crippen molar-refractivity contribution in [3.8, 4) is 11.4 Å². The maximum Gasteiger partial charge on any atom is 0.248 e. The second-order valence-electron chi connectivity index (χ2n) is 4.53. The molecule has 0 aliphatic heterocycles. The molecule has 2 aromatic rings. The molecule has 1 heterocycles. The number of aromatic nitrogens is 2. The van der Waals surface area contributed by atoms with Crippen LogP contribution in [0.4, 0.5) is 0 Å². The molecular formula is C14H16ClN5O. The average molecular weight is 306 g/mol. The summed E-state index contributed by atoms with van der Waals surface area (Å²) in [6.45, 7) is 6.45. The van der Waals surface area contributed by atoms with E-state index in [1.165, 1.54) is 0 Å². The van der Waals surface area contributed by atoms with Crippen LogP contribution in [0.2, 0.25) is 5.02 Å². The first-order valence-electron chi connectivity index (χ1n) is 6.31. The highest BCUT2D eigenvalue weighted by Crippen LogP contribution is 2.19. The molecule has 6 nitrogen and oxygen atoms in total. The van der Waals surface area contributed by atoms with Gasteiger partial charge in [-0.3, -0.25) is 0 Å². The van der Waals surface area contributed by atoms with Gasteiger partial charge in [0.1, 0.15) is 6.54 Å². The smallest absolute Gasteiger partial charge is 0.248 e. The fourth-order valence-corrected chi connectivity index (χ4v) is 1.70. The quantitative estimate of drug-likeness (QED) is 0.503. The van der Waals surface area contributed by atoms with Crippen molar-refractivity contribution in [2.24, 2.45) is 10.7 Å². The van der Waals surface area contributed by atoms with E-state index in [1.807, 2.05) is 19.1 Å². The Labute approximate surface area is 127 Å². The van der Waals surface area contributed by atoms with Gasteiger partial charge in [-0.05, 0) is 19.1 Å². The number of hydrogen-bond acceptors (Lipinski definition) is 4. The summed E-state index contributed by atoms with van der Waals surface area (Å²) in [6, 6.07) is 7.23. The van der Waals surface area contributed by atoms with Crippen LogP contribution in [-0.2, 0) is 6.54 Å². The molecule has 110 valence electrons. The maximum absolute atomic E-state index is 5.92. The fraction of sp³-hybridized carbons (Fsp3) is 0.214. The van der Waals surface area contributed by atoms with E-state index in [4.69, 9.17) is 21.9 Å². The standard InChI is InChI=1S/C14H16ClN5O/c1-9(2)7-17-14(16)18-8-12-19-13(20-21-12)10-4-3-5-11(15)6-10/h3-6H,1,7-8H2,2H3,(H3,16,17,18). The van der Waals surface area contributed by atoms with Crippen molar-refractivity contribution in [2.45, 2.75) is 13.5 Å². The lowest BCUT2D eigenvalue weighted by molar-refractivity contribution is 0.381. The SMILES string of the molecule is C=C(C)CNC(N)=NCc1nc(-c2cccc(Cl)c2)no1. The van der Waals surface area contributed by atoms with Crippen LogP contribution in [0, 0.1) is 0 Å². The highest BCUT2D eigenvalue weighted by molar-refractivity contribution is 6.30. The summed E-state index contributed by atoms with van der Waals surface area (Å²) in [4.78, 5) is 8.36. The van der Waals surface area contributed by atoms with Crippen LogP contribution < -0.4 is 11.1 Å². The topological polar surface area (TPSA) is 89.3 Å². The van der Waals surface area contributed by atoms with Crippen LogP contribution in [-0.4, -0.2) is 22.6 Å². The first-order valence-corrected chi connectivity index (χ1v) is 6.69. The average Bonchev–Trinajstić information content (AvgIpc) is 2.92. The van der Waals surface area contributed by atoms with Gasteiger partial charge in [0.2, 0.25) is 11.7 Å². The third-order valence-corrected chi connectivity index (χ3v) is 2.74. The summed E-state index contributed by atoms with van der Waals surface area (Å²) in [5.74, 6) is 1.15. The zero-order valence-corrected chi connectivity index (χ0v) is 12.4. The molecule has 2 rings (SSSR count). The van der Waals surface area contributed by atoms with E-state index >= 15 is 0 Å². The predicted molar refractivity (Wildman–Crippen MR) is 82.9 cm³/mol. The van der Waals surface area contributed by atoms with Crippen LogP contribution >= 0.6 is 11.6 Å². The van der Waals surface area contributed by atoms with E-state index in [2.05, 4.69) is 27.0 Å². The van der Waals surface area contributed by atoms with E-state index < -0.39 is 0 Å². The molecule has 0 fully saturated rings. The number of nitrogens with one attached hydrogen (secondary N) is 1. The van der Waals surface area contributed by atoms with Gasteiger partial charge in [-0.1, -0.05) is 41.0 Å². The van der Waals surface area contributed by atoms with Crippen molar-refractivity contribution in [2.75, 3.05) is 6.54 Å². The molecule has 0 saturated heterocycles. The zero-order valence-electron chi connectivity index (χ0n) is 11.6. The first-order chi connectivity index (χ1) is 10.0. The third-order valence-electron chi connectivity index (χ3n) is 2.51. The highest BCUT2D eigenvalue weighted by Gasteiger charge is 2.08. The van der Waals surface area contributed by atoms with Crippen molar-refractivity contribution in [3.63, 3.8) is 0 Å². The summed E-state index contributed by atoms with van der Waals surface area (Å²) in [5, 5.41) is 7.43. The Morgan fingerprint density at radius 3 is 3.05 bits per heavy atom. The van der Waals surface area contributed by atoms with E-state index in [0.29, 0.717) is 29.2 Å². The molecule has 0 radical (unpaired) electrons. The molecule has 0 amide bonds. The Balaban J connectivity index is 2.00. The Morgan fingerprint density at radius 2 is 2.33 bits per heavy atom. The number of nitrogens with zero attached hydrogens (tertiary/aromatic N) is 3. The number of rotatable bonds is 5. The Morgan fingerprint density at radius 1 is 1.52 bits per heavy atom. The monoisotopic (exact) mass is 305 g/mol. The Kier molecular flexibility index (Phi) is 4.94. The summed E-state index contributed by atoms with van der Waals surface area (Å²) in [5.41, 5.74) is 7.45. The van der Waals surface area contributed by atoms with Gasteiger partial charge >= 0.3 is 0 Å². The number of guanidine groups is 1. The summed E-state index contributed by atoms with van der Waals surface area (Å²) in [7, 11) is 0. The fourth-order valence-electron chi connectivity index (χ4n) is 1.51. The normalized spacial score (nSPS) is 11.4. The van der Waals surface area contributed by atoms with E-state index in [0.717, 1.165) is 11.1 Å². The number of hydrogen-bond donors (Lipinski definition) is 2. The van der Waals surface area contributed by atoms with Crippen molar-refractivity contribution in [3.05, 3.63) is 47.3 Å². The van der Waals surface area contributed by atoms with Gasteiger partial charge in [-0.15, -0.1) is 0 Å². The summed E-state index contributed by atoms with van der Waals surface area (Å²) >= 11 is 5.92. The molecule has 3 N–H and O–H groups in total. The van der Waals surface area contributed by atoms with Gasteiger partial charge in [-0.2, -0.15) is 4.98 Å². The van der Waals surface area contributed by atoms with Crippen molar-refractivity contribution in [1.29, 1.82) is 0 Å². The van der Waals surface area contributed by atoms with Gasteiger partial charge in [0.05, 0.1) is 0 Å². The number of aliphatic imine (C=N–C) groups is 1. The molecule has 0 aliphatic rings. The van der Waals surface area contributed by atoms with Gasteiger partial charge in [-0.25, -0.2) is 4.99 Å². The molecule has 1 aromatic carbocycles. The maximum atomic E-state index is 5.92. The minimum atomic E-state index is 0.211. The van der Waals surface area contributed by atoms with E-state index in [9.17, 15) is 0 Å². The third kappa shape index (κ3) is 4.61. The van der Waals surface area contributed by atoms with Crippen molar-refractivity contribution in [1.82, 2.24) is 15.5 Å². The Bertz CT molecular complexity index is 665. The Hall–Kier alpha value is -2.34. The lowest BCUT2D eigenvalue weighted by Gasteiger charge is -2.03. The van der Waals surface area contributed by atoms with Crippen LogP contribution in [0.1, 0.15) is 12.8 Å². The molecule has 7 heteroatoms. The minimum absolute atomic E-state index is 0.211. The highest BCUT2D eigenvalue weighted by atomic mass is 35.5.